The van der Waals surface area contributed by atoms with Crippen LogP contribution < -0.4 is 20.9 Å². The standard InChI is InChI=1S/C29H30N2O2/c1-20(21-4-12-25(13-5-21)32-27-16-8-23(30)9-17-27)29(2,3)22-6-14-26(15-7-22)33-28-18-10-24(31)11-19-28/h4-20H,30-31H2,1-3H3. The minimum atomic E-state index is -0.0704. The lowest BCUT2D eigenvalue weighted by atomic mass is 9.71. The van der Waals surface area contributed by atoms with Gasteiger partial charge in [-0.05, 0) is 95.3 Å². The second kappa shape index (κ2) is 9.29. The fourth-order valence-electron chi connectivity index (χ4n) is 3.79. The number of hydrogen-bond acceptors (Lipinski definition) is 4. The first-order chi connectivity index (χ1) is 15.8. The Morgan fingerprint density at radius 1 is 0.545 bits per heavy atom. The molecule has 168 valence electrons. The lowest BCUT2D eigenvalue weighted by molar-refractivity contribution is 0.433. The summed E-state index contributed by atoms with van der Waals surface area (Å²) >= 11 is 0. The zero-order chi connectivity index (χ0) is 23.4. The van der Waals surface area contributed by atoms with Gasteiger partial charge in [0.2, 0.25) is 0 Å². The SMILES string of the molecule is CC(c1ccc(Oc2ccc(N)cc2)cc1)C(C)(C)c1ccc(Oc2ccc(N)cc2)cc1. The van der Waals surface area contributed by atoms with Gasteiger partial charge >= 0.3 is 0 Å². The van der Waals surface area contributed by atoms with E-state index in [1.165, 1.54) is 11.1 Å². The highest BCUT2D eigenvalue weighted by atomic mass is 16.5. The Labute approximate surface area is 195 Å². The predicted octanol–water partition coefficient (Wildman–Crippen LogP) is 7.52. The Balaban J connectivity index is 1.44. The van der Waals surface area contributed by atoms with Gasteiger partial charge in [-0.1, -0.05) is 45.0 Å². The van der Waals surface area contributed by atoms with E-state index < -0.39 is 0 Å². The van der Waals surface area contributed by atoms with Crippen molar-refractivity contribution < 1.29 is 9.47 Å². The van der Waals surface area contributed by atoms with Crippen LogP contribution in [0.2, 0.25) is 0 Å². The lowest BCUT2D eigenvalue weighted by Crippen LogP contribution is -2.24. The second-order valence-corrected chi connectivity index (χ2v) is 8.88. The molecule has 0 aliphatic heterocycles. The molecule has 4 aromatic rings. The summed E-state index contributed by atoms with van der Waals surface area (Å²) in [6.07, 6.45) is 0. The van der Waals surface area contributed by atoms with E-state index in [-0.39, 0.29) is 5.41 Å². The molecule has 4 heteroatoms. The van der Waals surface area contributed by atoms with Crippen LogP contribution >= 0.6 is 0 Å². The average molecular weight is 439 g/mol. The number of anilines is 2. The second-order valence-electron chi connectivity index (χ2n) is 8.88. The van der Waals surface area contributed by atoms with Crippen molar-refractivity contribution in [2.45, 2.75) is 32.1 Å². The molecule has 4 nitrogen and oxygen atoms in total. The largest absolute Gasteiger partial charge is 0.457 e. The summed E-state index contributed by atoms with van der Waals surface area (Å²) in [5, 5.41) is 0. The summed E-state index contributed by atoms with van der Waals surface area (Å²) in [7, 11) is 0. The Kier molecular flexibility index (Phi) is 6.27. The summed E-state index contributed by atoms with van der Waals surface area (Å²) in [4.78, 5) is 0. The van der Waals surface area contributed by atoms with Crippen molar-refractivity contribution in [2.24, 2.45) is 0 Å². The molecule has 0 heterocycles. The Morgan fingerprint density at radius 3 is 1.27 bits per heavy atom. The van der Waals surface area contributed by atoms with Crippen molar-refractivity contribution in [3.05, 3.63) is 108 Å². The molecule has 1 unspecified atom stereocenters. The van der Waals surface area contributed by atoms with Crippen LogP contribution in [-0.2, 0) is 5.41 Å². The van der Waals surface area contributed by atoms with Crippen LogP contribution in [0.5, 0.6) is 23.0 Å². The average Bonchev–Trinajstić information content (AvgIpc) is 2.82. The summed E-state index contributed by atoms with van der Waals surface area (Å²) in [5.74, 6) is 3.44. The van der Waals surface area contributed by atoms with Crippen LogP contribution in [0.3, 0.4) is 0 Å². The molecule has 0 aromatic heterocycles. The maximum atomic E-state index is 5.94. The molecule has 33 heavy (non-hydrogen) atoms. The quantitative estimate of drug-likeness (QED) is 0.293. The third-order valence-electron chi connectivity index (χ3n) is 6.29. The molecule has 0 spiro atoms. The van der Waals surface area contributed by atoms with E-state index in [0.29, 0.717) is 5.92 Å². The van der Waals surface area contributed by atoms with E-state index in [9.17, 15) is 0 Å². The van der Waals surface area contributed by atoms with Gasteiger partial charge in [-0.25, -0.2) is 0 Å². The molecule has 0 radical (unpaired) electrons. The van der Waals surface area contributed by atoms with Gasteiger partial charge in [0, 0.05) is 11.4 Å². The van der Waals surface area contributed by atoms with Crippen LogP contribution in [0.1, 0.15) is 37.8 Å². The summed E-state index contributed by atoms with van der Waals surface area (Å²) in [6.45, 7) is 6.80. The molecule has 0 fully saturated rings. The Hall–Kier alpha value is -3.92. The molecule has 4 aromatic carbocycles. The first-order valence-electron chi connectivity index (χ1n) is 11.1. The summed E-state index contributed by atoms with van der Waals surface area (Å²) in [5.41, 5.74) is 15.4. The number of benzene rings is 4. The van der Waals surface area contributed by atoms with E-state index in [4.69, 9.17) is 20.9 Å². The van der Waals surface area contributed by atoms with Crippen LogP contribution in [0.25, 0.3) is 0 Å². The highest BCUT2D eigenvalue weighted by Gasteiger charge is 2.29. The fourth-order valence-corrected chi connectivity index (χ4v) is 3.79. The van der Waals surface area contributed by atoms with Gasteiger partial charge in [-0.2, -0.15) is 0 Å². The minimum Gasteiger partial charge on any atom is -0.457 e. The summed E-state index contributed by atoms with van der Waals surface area (Å²) < 4.78 is 11.9. The topological polar surface area (TPSA) is 70.5 Å². The van der Waals surface area contributed by atoms with Gasteiger partial charge in [0.05, 0.1) is 0 Å². The summed E-state index contributed by atoms with van der Waals surface area (Å²) in [6, 6.07) is 31.4. The van der Waals surface area contributed by atoms with Crippen LogP contribution in [0.15, 0.2) is 97.1 Å². The molecule has 0 amide bonds. The molecule has 0 aliphatic rings. The van der Waals surface area contributed by atoms with E-state index in [1.54, 1.807) is 0 Å². The van der Waals surface area contributed by atoms with Crippen LogP contribution in [-0.4, -0.2) is 0 Å². The Morgan fingerprint density at radius 2 is 0.879 bits per heavy atom. The van der Waals surface area contributed by atoms with Gasteiger partial charge in [-0.15, -0.1) is 0 Å². The van der Waals surface area contributed by atoms with Crippen LogP contribution in [0, 0.1) is 0 Å². The molecule has 0 aliphatic carbocycles. The van der Waals surface area contributed by atoms with Crippen LogP contribution in [0.4, 0.5) is 11.4 Å². The van der Waals surface area contributed by atoms with Crippen molar-refractivity contribution in [3.63, 3.8) is 0 Å². The van der Waals surface area contributed by atoms with Gasteiger partial charge < -0.3 is 20.9 Å². The predicted molar refractivity (Wildman–Crippen MR) is 136 cm³/mol. The first-order valence-corrected chi connectivity index (χ1v) is 11.1. The van der Waals surface area contributed by atoms with Gasteiger partial charge in [-0.3, -0.25) is 0 Å². The van der Waals surface area contributed by atoms with Crippen molar-refractivity contribution in [1.29, 1.82) is 0 Å². The third-order valence-corrected chi connectivity index (χ3v) is 6.29. The molecular formula is C29H30N2O2. The normalized spacial score (nSPS) is 12.2. The van der Waals surface area contributed by atoms with Crippen molar-refractivity contribution in [2.75, 3.05) is 11.5 Å². The van der Waals surface area contributed by atoms with Crippen molar-refractivity contribution in [3.8, 4) is 23.0 Å². The number of nitrogen functional groups attached to an aromatic ring is 2. The molecule has 1 atom stereocenters. The third kappa shape index (κ3) is 5.29. The van der Waals surface area contributed by atoms with Gasteiger partial charge in [0.1, 0.15) is 23.0 Å². The van der Waals surface area contributed by atoms with Crippen molar-refractivity contribution in [1.82, 2.24) is 0 Å². The van der Waals surface area contributed by atoms with Gasteiger partial charge in [0.25, 0.3) is 0 Å². The lowest BCUT2D eigenvalue weighted by Gasteiger charge is -2.33. The highest BCUT2D eigenvalue weighted by molar-refractivity contribution is 5.45. The zero-order valence-corrected chi connectivity index (χ0v) is 19.3. The molecule has 0 bridgehead atoms. The van der Waals surface area contributed by atoms with E-state index >= 15 is 0 Å². The zero-order valence-electron chi connectivity index (χ0n) is 19.3. The maximum Gasteiger partial charge on any atom is 0.127 e. The smallest absolute Gasteiger partial charge is 0.127 e. The highest BCUT2D eigenvalue weighted by Crippen LogP contribution is 2.40. The molecular weight excluding hydrogens is 408 g/mol. The van der Waals surface area contributed by atoms with E-state index in [1.807, 2.05) is 72.8 Å². The number of ether oxygens (including phenoxy) is 2. The van der Waals surface area contributed by atoms with E-state index in [2.05, 4.69) is 45.0 Å². The minimum absolute atomic E-state index is 0.0704. The maximum absolute atomic E-state index is 5.94. The van der Waals surface area contributed by atoms with Gasteiger partial charge in [0.15, 0.2) is 0 Å². The Bertz CT molecular complexity index is 1180. The van der Waals surface area contributed by atoms with Crippen molar-refractivity contribution >= 4 is 11.4 Å². The first kappa shape index (κ1) is 22.3. The molecule has 0 saturated heterocycles. The number of rotatable bonds is 7. The van der Waals surface area contributed by atoms with E-state index in [0.717, 1.165) is 34.4 Å². The molecule has 0 saturated carbocycles. The number of nitrogens with two attached hydrogens (primary N) is 2. The molecule has 4 N–H and O–H groups in total. The molecule has 4 rings (SSSR count). The fraction of sp³-hybridized carbons (Fsp3) is 0.172. The monoisotopic (exact) mass is 438 g/mol. The number of hydrogen-bond donors (Lipinski definition) is 2.